The van der Waals surface area contributed by atoms with Crippen molar-refractivity contribution in [3.63, 3.8) is 0 Å². The summed E-state index contributed by atoms with van der Waals surface area (Å²) in [6.45, 7) is 2.82. The Morgan fingerprint density at radius 1 is 1.11 bits per heavy atom. The second-order valence-electron chi connectivity index (χ2n) is 8.17. The summed E-state index contributed by atoms with van der Waals surface area (Å²) >= 11 is 0. The molecule has 6 heteroatoms. The topological polar surface area (TPSA) is 51.0 Å². The number of pyridine rings is 1. The number of rotatable bonds is 3. The normalized spacial score (nSPS) is 26.1. The lowest BCUT2D eigenvalue weighted by Gasteiger charge is -2.22. The van der Waals surface area contributed by atoms with Gasteiger partial charge in [0.15, 0.2) is 0 Å². The van der Waals surface area contributed by atoms with Crippen molar-refractivity contribution < 1.29 is 4.21 Å². The van der Waals surface area contributed by atoms with Crippen LogP contribution >= 0.6 is 0 Å². The third kappa shape index (κ3) is 2.50. The van der Waals surface area contributed by atoms with Gasteiger partial charge in [-0.1, -0.05) is 18.2 Å². The maximum absolute atomic E-state index is 12.6. The first-order valence-corrected chi connectivity index (χ1v) is 11.0. The summed E-state index contributed by atoms with van der Waals surface area (Å²) in [6.07, 6.45) is 6.40. The van der Waals surface area contributed by atoms with E-state index in [1.807, 2.05) is 24.4 Å². The van der Waals surface area contributed by atoms with Gasteiger partial charge in [-0.25, -0.2) is 8.51 Å². The van der Waals surface area contributed by atoms with Crippen LogP contribution in [0.15, 0.2) is 42.6 Å². The molecule has 27 heavy (non-hydrogen) atoms. The number of fused-ring (bicyclic) bond motifs is 3. The number of aromatic nitrogens is 3. The molecule has 2 unspecified atom stereocenters. The molecule has 6 rings (SSSR count). The van der Waals surface area contributed by atoms with E-state index in [4.69, 9.17) is 5.10 Å². The monoisotopic (exact) mass is 378 g/mol. The van der Waals surface area contributed by atoms with E-state index < -0.39 is 11.0 Å². The molecule has 1 saturated heterocycles. The Morgan fingerprint density at radius 3 is 2.85 bits per heavy atom. The van der Waals surface area contributed by atoms with Crippen molar-refractivity contribution in [3.05, 3.63) is 48.3 Å². The van der Waals surface area contributed by atoms with Gasteiger partial charge in [0.1, 0.15) is 0 Å². The molecule has 138 valence electrons. The molecule has 2 aromatic heterocycles. The molecule has 4 heterocycles. The van der Waals surface area contributed by atoms with E-state index in [0.717, 1.165) is 67.5 Å². The van der Waals surface area contributed by atoms with Gasteiger partial charge >= 0.3 is 0 Å². The second-order valence-corrected chi connectivity index (χ2v) is 9.91. The maximum Gasteiger partial charge on any atom is 0.0974 e. The van der Waals surface area contributed by atoms with Crippen molar-refractivity contribution in [2.75, 3.05) is 13.1 Å². The van der Waals surface area contributed by atoms with Gasteiger partial charge in [0, 0.05) is 53.1 Å². The van der Waals surface area contributed by atoms with Crippen molar-refractivity contribution in [1.82, 2.24) is 19.1 Å². The molecular weight excluding hydrogens is 356 g/mol. The van der Waals surface area contributed by atoms with E-state index in [9.17, 15) is 4.21 Å². The predicted molar refractivity (Wildman–Crippen MR) is 107 cm³/mol. The number of benzene rings is 1. The first-order chi connectivity index (χ1) is 13.2. The Labute approximate surface area is 161 Å². The molecule has 5 nitrogen and oxygen atoms in total. The molecule has 2 aliphatic heterocycles. The fourth-order valence-electron chi connectivity index (χ4n) is 4.70. The minimum absolute atomic E-state index is 0.125. The fourth-order valence-corrected chi connectivity index (χ4v) is 6.30. The van der Waals surface area contributed by atoms with Crippen molar-refractivity contribution >= 4 is 21.9 Å². The number of hydrogen-bond donors (Lipinski definition) is 0. The lowest BCUT2D eigenvalue weighted by molar-refractivity contribution is 0.431. The van der Waals surface area contributed by atoms with Gasteiger partial charge in [-0.15, -0.1) is 0 Å². The smallest absolute Gasteiger partial charge is 0.0974 e. The molecular formula is C21H22N4OS. The fraction of sp³-hybridized carbons (Fsp3) is 0.429. The average molecular weight is 379 g/mol. The third-order valence-electron chi connectivity index (χ3n) is 6.39. The summed E-state index contributed by atoms with van der Waals surface area (Å²) < 4.78 is 17.0. The highest BCUT2D eigenvalue weighted by atomic mass is 32.2. The van der Waals surface area contributed by atoms with Crippen LogP contribution < -0.4 is 0 Å². The maximum atomic E-state index is 12.6. The van der Waals surface area contributed by atoms with Crippen molar-refractivity contribution in [2.45, 2.75) is 42.9 Å². The molecule has 0 radical (unpaired) electrons. The zero-order chi connectivity index (χ0) is 18.0. The van der Waals surface area contributed by atoms with Crippen LogP contribution in [0.4, 0.5) is 0 Å². The quantitative estimate of drug-likeness (QED) is 0.703. The SMILES string of the molecule is O=S(C1CC1)N1CCC2(CCn3nc(-c4cnc5ccccc5c4)cc32)C1. The molecule has 2 atom stereocenters. The molecule has 3 aliphatic rings. The Bertz CT molecular complexity index is 1070. The van der Waals surface area contributed by atoms with Crippen molar-refractivity contribution in [2.24, 2.45) is 0 Å². The van der Waals surface area contributed by atoms with Crippen molar-refractivity contribution in [1.29, 1.82) is 0 Å². The average Bonchev–Trinajstić information content (AvgIpc) is 3.18. The van der Waals surface area contributed by atoms with Gasteiger partial charge in [0.25, 0.3) is 0 Å². The molecule has 1 aromatic carbocycles. The molecule has 1 spiro atoms. The van der Waals surface area contributed by atoms with Crippen LogP contribution in [0.2, 0.25) is 0 Å². The van der Waals surface area contributed by atoms with E-state index in [1.165, 1.54) is 5.69 Å². The van der Waals surface area contributed by atoms with Gasteiger partial charge in [0.2, 0.25) is 0 Å². The van der Waals surface area contributed by atoms with Gasteiger partial charge in [0.05, 0.1) is 22.2 Å². The van der Waals surface area contributed by atoms with E-state index in [0.29, 0.717) is 5.25 Å². The number of para-hydroxylation sites is 1. The van der Waals surface area contributed by atoms with Crippen LogP contribution in [-0.2, 0) is 22.9 Å². The summed E-state index contributed by atoms with van der Waals surface area (Å²) in [4.78, 5) is 4.59. The van der Waals surface area contributed by atoms with E-state index >= 15 is 0 Å². The molecule has 1 saturated carbocycles. The highest BCUT2D eigenvalue weighted by molar-refractivity contribution is 7.83. The highest BCUT2D eigenvalue weighted by Crippen LogP contribution is 2.45. The number of hydrogen-bond acceptors (Lipinski definition) is 3. The number of nitrogens with zero attached hydrogens (tertiary/aromatic N) is 4. The summed E-state index contributed by atoms with van der Waals surface area (Å²) in [7, 11) is -0.786. The van der Waals surface area contributed by atoms with Crippen LogP contribution in [0.1, 0.15) is 31.4 Å². The summed E-state index contributed by atoms with van der Waals surface area (Å²) in [6, 6.07) is 12.6. The highest BCUT2D eigenvalue weighted by Gasteiger charge is 2.48. The zero-order valence-electron chi connectivity index (χ0n) is 15.2. The zero-order valence-corrected chi connectivity index (χ0v) is 16.0. The Kier molecular flexibility index (Phi) is 3.38. The molecule has 1 aliphatic carbocycles. The second kappa shape index (κ2) is 5.72. The van der Waals surface area contributed by atoms with Crippen LogP contribution in [0.25, 0.3) is 22.2 Å². The Hall–Kier alpha value is -2.05. The first-order valence-electron chi connectivity index (χ1n) is 9.81. The van der Waals surface area contributed by atoms with Gasteiger partial charge < -0.3 is 0 Å². The standard InChI is InChI=1S/C21H22N4OS/c26-27(17-5-6-17)24-9-7-21(14-24)8-10-25-20(21)12-19(23-25)16-11-15-3-1-2-4-18(15)22-13-16/h1-4,11-13,17H,5-10,14H2. The summed E-state index contributed by atoms with van der Waals surface area (Å²) in [5, 5.41) is 6.45. The van der Waals surface area contributed by atoms with Crippen LogP contribution in [0, 0.1) is 0 Å². The minimum Gasteiger partial charge on any atom is -0.268 e. The van der Waals surface area contributed by atoms with Crippen LogP contribution in [0.3, 0.4) is 0 Å². The lowest BCUT2D eigenvalue weighted by Crippen LogP contribution is -2.31. The van der Waals surface area contributed by atoms with Gasteiger partial charge in [-0.05, 0) is 43.9 Å². The molecule has 0 N–H and O–H groups in total. The first kappa shape index (κ1) is 16.0. The molecule has 2 fully saturated rings. The van der Waals surface area contributed by atoms with E-state index in [-0.39, 0.29) is 5.41 Å². The lowest BCUT2D eigenvalue weighted by atomic mass is 9.82. The number of aryl methyl sites for hydroxylation is 1. The predicted octanol–water partition coefficient (Wildman–Crippen LogP) is 3.27. The molecule has 0 bridgehead atoms. The summed E-state index contributed by atoms with van der Waals surface area (Å²) in [5.74, 6) is 0. The van der Waals surface area contributed by atoms with Gasteiger partial charge in [-0.3, -0.25) is 9.67 Å². The summed E-state index contributed by atoms with van der Waals surface area (Å²) in [5.41, 5.74) is 4.53. The van der Waals surface area contributed by atoms with E-state index in [1.54, 1.807) is 0 Å². The third-order valence-corrected chi connectivity index (χ3v) is 8.26. The minimum atomic E-state index is -0.786. The van der Waals surface area contributed by atoms with Gasteiger partial charge in [-0.2, -0.15) is 5.10 Å². The van der Waals surface area contributed by atoms with Crippen LogP contribution in [0.5, 0.6) is 0 Å². The largest absolute Gasteiger partial charge is 0.268 e. The Morgan fingerprint density at radius 2 is 1.96 bits per heavy atom. The van der Waals surface area contributed by atoms with E-state index in [2.05, 4.69) is 32.2 Å². The van der Waals surface area contributed by atoms with Crippen LogP contribution in [-0.4, -0.2) is 41.6 Å². The Balaban J connectivity index is 1.34. The molecule has 0 amide bonds. The van der Waals surface area contributed by atoms with Crippen molar-refractivity contribution in [3.8, 4) is 11.3 Å². The molecule has 3 aromatic rings.